The highest BCUT2D eigenvalue weighted by Gasteiger charge is 2.45. The number of nitrogens with one attached hydrogen (secondary N) is 1. The van der Waals surface area contributed by atoms with Crippen molar-refractivity contribution in [2.75, 3.05) is 0 Å². The largest absolute Gasteiger partial charge is 0.393 e. The Bertz CT molecular complexity index is 464. The first-order valence-electron chi connectivity index (χ1n) is 6.62. The van der Waals surface area contributed by atoms with Crippen molar-refractivity contribution in [1.29, 1.82) is 0 Å². The predicted octanol–water partition coefficient (Wildman–Crippen LogP) is 5.31. The number of benzene rings is 1. The average Bonchev–Trinajstić information content (AvgIpc) is 2.39. The number of halogens is 5. The summed E-state index contributed by atoms with van der Waals surface area (Å²) in [6, 6.07) is 4.91. The van der Waals surface area contributed by atoms with Crippen molar-refractivity contribution in [1.82, 2.24) is 5.32 Å². The van der Waals surface area contributed by atoms with Crippen LogP contribution in [0.4, 0.5) is 13.2 Å². The lowest BCUT2D eigenvalue weighted by atomic mass is 9.84. The standard InChI is InChI=1S/C14H16BrClF3N/c15-11-7-9(5-6-12(11)16)8-20-13-4-2-1-3-10(13)14(17,18)19/h5-7,10,13,20H,1-4,8H2. The molecule has 1 aromatic carbocycles. The molecule has 1 aliphatic rings. The topological polar surface area (TPSA) is 12.0 Å². The minimum absolute atomic E-state index is 0.228. The van der Waals surface area contributed by atoms with Crippen LogP contribution in [0.2, 0.25) is 5.02 Å². The molecule has 0 radical (unpaired) electrons. The molecule has 0 aromatic heterocycles. The van der Waals surface area contributed by atoms with Crippen LogP contribution in [0.3, 0.4) is 0 Å². The van der Waals surface area contributed by atoms with Gasteiger partial charge in [-0.1, -0.05) is 30.5 Å². The van der Waals surface area contributed by atoms with E-state index in [4.69, 9.17) is 11.6 Å². The van der Waals surface area contributed by atoms with Gasteiger partial charge in [0.2, 0.25) is 0 Å². The zero-order chi connectivity index (χ0) is 14.8. The van der Waals surface area contributed by atoms with Crippen LogP contribution in [-0.2, 0) is 6.54 Å². The Balaban J connectivity index is 1.99. The lowest BCUT2D eigenvalue weighted by molar-refractivity contribution is -0.189. The van der Waals surface area contributed by atoms with Gasteiger partial charge in [0.05, 0.1) is 10.9 Å². The number of alkyl halides is 3. The van der Waals surface area contributed by atoms with Gasteiger partial charge in [-0.2, -0.15) is 13.2 Å². The summed E-state index contributed by atoms with van der Waals surface area (Å²) in [6.07, 6.45) is -1.79. The fraction of sp³-hybridized carbons (Fsp3) is 0.571. The van der Waals surface area contributed by atoms with Gasteiger partial charge < -0.3 is 5.32 Å². The molecule has 1 aromatic rings. The number of rotatable bonds is 3. The van der Waals surface area contributed by atoms with Crippen LogP contribution in [0.15, 0.2) is 22.7 Å². The van der Waals surface area contributed by atoms with Crippen LogP contribution >= 0.6 is 27.5 Å². The molecule has 0 heterocycles. The van der Waals surface area contributed by atoms with E-state index < -0.39 is 18.1 Å². The van der Waals surface area contributed by atoms with E-state index in [1.54, 1.807) is 6.07 Å². The first-order chi connectivity index (χ1) is 9.38. The maximum Gasteiger partial charge on any atom is 0.393 e. The van der Waals surface area contributed by atoms with Gasteiger partial charge in [0.15, 0.2) is 0 Å². The first-order valence-corrected chi connectivity index (χ1v) is 7.79. The van der Waals surface area contributed by atoms with Gasteiger partial charge in [-0.3, -0.25) is 0 Å². The molecule has 0 bridgehead atoms. The molecule has 1 N–H and O–H groups in total. The normalized spacial score (nSPS) is 23.9. The molecule has 112 valence electrons. The molecule has 2 unspecified atom stereocenters. The minimum atomic E-state index is -4.11. The summed E-state index contributed by atoms with van der Waals surface area (Å²) in [6.45, 7) is 0.424. The van der Waals surface area contributed by atoms with Crippen LogP contribution in [0.1, 0.15) is 31.2 Å². The Morgan fingerprint density at radius 1 is 1.25 bits per heavy atom. The van der Waals surface area contributed by atoms with Crippen molar-refractivity contribution in [3.05, 3.63) is 33.3 Å². The smallest absolute Gasteiger partial charge is 0.309 e. The summed E-state index contributed by atoms with van der Waals surface area (Å²) in [7, 11) is 0. The summed E-state index contributed by atoms with van der Waals surface area (Å²) >= 11 is 9.21. The third kappa shape index (κ3) is 4.12. The molecule has 1 aliphatic carbocycles. The summed E-state index contributed by atoms with van der Waals surface area (Å²) in [5.74, 6) is -1.23. The van der Waals surface area contributed by atoms with Gasteiger partial charge in [0.25, 0.3) is 0 Å². The highest BCUT2D eigenvalue weighted by molar-refractivity contribution is 9.10. The van der Waals surface area contributed by atoms with Gasteiger partial charge in [0, 0.05) is 17.1 Å². The highest BCUT2D eigenvalue weighted by atomic mass is 79.9. The Hall–Kier alpha value is -0.260. The molecule has 0 amide bonds. The van der Waals surface area contributed by atoms with Crippen molar-refractivity contribution < 1.29 is 13.2 Å². The van der Waals surface area contributed by atoms with E-state index in [1.165, 1.54) is 0 Å². The molecule has 1 nitrogen and oxygen atoms in total. The lowest BCUT2D eigenvalue weighted by Crippen LogP contribution is -2.45. The summed E-state index contributed by atoms with van der Waals surface area (Å²) < 4.78 is 39.7. The summed E-state index contributed by atoms with van der Waals surface area (Å²) in [5, 5.41) is 3.65. The molecule has 0 saturated heterocycles. The van der Waals surface area contributed by atoms with Crippen LogP contribution in [0, 0.1) is 5.92 Å². The Kier molecular flexibility index (Phi) is 5.37. The van der Waals surface area contributed by atoms with Crippen LogP contribution < -0.4 is 5.32 Å². The van der Waals surface area contributed by atoms with Crippen molar-refractivity contribution >= 4 is 27.5 Å². The van der Waals surface area contributed by atoms with Crippen molar-refractivity contribution in [3.63, 3.8) is 0 Å². The fourth-order valence-corrected chi connectivity index (χ4v) is 3.21. The van der Waals surface area contributed by atoms with Crippen molar-refractivity contribution in [2.24, 2.45) is 5.92 Å². The van der Waals surface area contributed by atoms with E-state index in [1.807, 2.05) is 12.1 Å². The van der Waals surface area contributed by atoms with E-state index in [0.29, 0.717) is 24.4 Å². The Morgan fingerprint density at radius 3 is 2.60 bits per heavy atom. The van der Waals surface area contributed by atoms with Gasteiger partial charge in [-0.15, -0.1) is 0 Å². The van der Waals surface area contributed by atoms with Crippen LogP contribution in [-0.4, -0.2) is 12.2 Å². The summed E-state index contributed by atoms with van der Waals surface area (Å²) in [5.41, 5.74) is 0.924. The quantitative estimate of drug-likeness (QED) is 0.760. The molecule has 0 spiro atoms. The van der Waals surface area contributed by atoms with E-state index in [2.05, 4.69) is 21.2 Å². The summed E-state index contributed by atoms with van der Waals surface area (Å²) in [4.78, 5) is 0. The Morgan fingerprint density at radius 2 is 1.95 bits per heavy atom. The third-order valence-corrected chi connectivity index (χ3v) is 4.95. The number of hydrogen-bond acceptors (Lipinski definition) is 1. The fourth-order valence-electron chi connectivity index (χ4n) is 2.67. The maximum absolute atomic E-state index is 13.0. The SMILES string of the molecule is FC(F)(F)C1CCCCC1NCc1ccc(Cl)c(Br)c1. The number of hydrogen-bond donors (Lipinski definition) is 1. The molecular weight excluding hydrogens is 355 g/mol. The van der Waals surface area contributed by atoms with Gasteiger partial charge >= 0.3 is 6.18 Å². The molecule has 1 saturated carbocycles. The second kappa shape index (κ2) is 6.67. The molecule has 2 rings (SSSR count). The first kappa shape index (κ1) is 16.1. The predicted molar refractivity (Wildman–Crippen MR) is 77.8 cm³/mol. The van der Waals surface area contributed by atoms with E-state index in [0.717, 1.165) is 16.5 Å². The molecule has 6 heteroatoms. The molecule has 1 fully saturated rings. The van der Waals surface area contributed by atoms with Gasteiger partial charge in [0.1, 0.15) is 0 Å². The van der Waals surface area contributed by atoms with Crippen molar-refractivity contribution in [3.8, 4) is 0 Å². The lowest BCUT2D eigenvalue weighted by Gasteiger charge is -2.33. The maximum atomic E-state index is 13.0. The van der Waals surface area contributed by atoms with Gasteiger partial charge in [-0.05, 0) is 46.5 Å². The van der Waals surface area contributed by atoms with Crippen molar-refractivity contribution in [2.45, 2.75) is 44.4 Å². The molecule has 20 heavy (non-hydrogen) atoms. The van der Waals surface area contributed by atoms with E-state index in [9.17, 15) is 13.2 Å². The minimum Gasteiger partial charge on any atom is -0.309 e. The molecular formula is C14H16BrClF3N. The van der Waals surface area contributed by atoms with Gasteiger partial charge in [-0.25, -0.2) is 0 Å². The Labute approximate surface area is 130 Å². The van der Waals surface area contributed by atoms with Crippen LogP contribution in [0.25, 0.3) is 0 Å². The average molecular weight is 371 g/mol. The third-order valence-electron chi connectivity index (χ3n) is 3.74. The molecule has 2 atom stereocenters. The zero-order valence-corrected chi connectivity index (χ0v) is 13.2. The second-order valence-electron chi connectivity index (χ2n) is 5.17. The van der Waals surface area contributed by atoms with E-state index in [-0.39, 0.29) is 6.42 Å². The van der Waals surface area contributed by atoms with Crippen LogP contribution in [0.5, 0.6) is 0 Å². The highest BCUT2D eigenvalue weighted by Crippen LogP contribution is 2.37. The second-order valence-corrected chi connectivity index (χ2v) is 6.43. The van der Waals surface area contributed by atoms with E-state index >= 15 is 0 Å². The molecule has 0 aliphatic heterocycles. The monoisotopic (exact) mass is 369 g/mol. The zero-order valence-electron chi connectivity index (χ0n) is 10.8.